The molecule has 2 rings (SSSR count). The van der Waals surface area contributed by atoms with Crippen LogP contribution in [-0.2, 0) is 21.1 Å². The van der Waals surface area contributed by atoms with E-state index >= 15 is 0 Å². The minimum absolute atomic E-state index is 0. The Morgan fingerprint density at radius 3 is 2.42 bits per heavy atom. The van der Waals surface area contributed by atoms with Gasteiger partial charge in [0, 0.05) is 25.2 Å². The molecule has 0 bridgehead atoms. The van der Waals surface area contributed by atoms with Crippen molar-refractivity contribution < 1.29 is 22.7 Å². The molecule has 1 aromatic rings. The van der Waals surface area contributed by atoms with Crippen LogP contribution in [0.1, 0.15) is 37.8 Å². The molecule has 3 N–H and O–H groups in total. The van der Waals surface area contributed by atoms with Crippen LogP contribution in [0.5, 0.6) is 0 Å². The summed E-state index contributed by atoms with van der Waals surface area (Å²) < 4.78 is 43.9. The summed E-state index contributed by atoms with van der Waals surface area (Å²) in [6.07, 6.45) is -2.90. The Morgan fingerprint density at radius 2 is 1.85 bits per heavy atom. The highest BCUT2D eigenvalue weighted by atomic mass is 35.5. The lowest BCUT2D eigenvalue weighted by atomic mass is 9.83. The molecule has 1 amide bonds. The van der Waals surface area contributed by atoms with Crippen molar-refractivity contribution in [2.45, 2.75) is 44.3 Å². The van der Waals surface area contributed by atoms with Crippen molar-refractivity contribution in [1.82, 2.24) is 5.32 Å². The van der Waals surface area contributed by atoms with Crippen LogP contribution in [-0.4, -0.2) is 31.7 Å². The number of amides is 1. The molecule has 0 aromatic heterocycles. The van der Waals surface area contributed by atoms with Crippen molar-refractivity contribution in [3.63, 3.8) is 0 Å². The zero-order chi connectivity index (χ0) is 18.7. The molecule has 0 radical (unpaired) electrons. The molecule has 1 aliphatic rings. The van der Waals surface area contributed by atoms with Gasteiger partial charge in [0.05, 0.1) is 11.6 Å². The minimum Gasteiger partial charge on any atom is -0.381 e. The summed E-state index contributed by atoms with van der Waals surface area (Å²) in [6.45, 7) is 5.00. The molecular formula is C18H26ClF3N2O2. The van der Waals surface area contributed by atoms with Crippen molar-refractivity contribution >= 4 is 18.3 Å². The molecule has 0 saturated carbocycles. The molecule has 1 atom stereocenters. The van der Waals surface area contributed by atoms with Crippen molar-refractivity contribution in [3.05, 3.63) is 35.4 Å². The molecule has 148 valence electrons. The maximum absolute atomic E-state index is 12.9. The average molecular weight is 395 g/mol. The quantitative estimate of drug-likeness (QED) is 0.805. The van der Waals surface area contributed by atoms with Crippen LogP contribution in [0, 0.1) is 5.92 Å². The minimum atomic E-state index is -4.39. The lowest BCUT2D eigenvalue weighted by Gasteiger charge is -2.30. The number of carbonyl (C=O) groups is 1. The standard InChI is InChI=1S/C18H25F3N2O2.ClH/c1-17(2,13-4-3-5-14(10-13)18(19,20)21)11-23-16(24)15(22)12-6-8-25-9-7-12;/h3-5,10,12,15H,6-9,11,22H2,1-2H3,(H,23,24);1H. The number of hydrogen-bond acceptors (Lipinski definition) is 3. The summed E-state index contributed by atoms with van der Waals surface area (Å²) in [5.74, 6) is -0.197. The molecule has 0 aliphatic carbocycles. The fraction of sp³-hybridized carbons (Fsp3) is 0.611. The van der Waals surface area contributed by atoms with Crippen LogP contribution in [0.3, 0.4) is 0 Å². The van der Waals surface area contributed by atoms with Crippen molar-refractivity contribution in [2.75, 3.05) is 19.8 Å². The summed E-state index contributed by atoms with van der Waals surface area (Å²) >= 11 is 0. The van der Waals surface area contributed by atoms with Crippen molar-refractivity contribution in [3.8, 4) is 0 Å². The van der Waals surface area contributed by atoms with Gasteiger partial charge in [-0.3, -0.25) is 4.79 Å². The predicted molar refractivity (Wildman–Crippen MR) is 96.2 cm³/mol. The Bertz CT molecular complexity index is 602. The molecular weight excluding hydrogens is 369 g/mol. The molecule has 4 nitrogen and oxygen atoms in total. The highest BCUT2D eigenvalue weighted by molar-refractivity contribution is 5.85. The molecule has 1 heterocycles. The third-order valence-corrected chi connectivity index (χ3v) is 4.75. The van der Waals surface area contributed by atoms with Gasteiger partial charge in [-0.05, 0) is 30.4 Å². The third-order valence-electron chi connectivity index (χ3n) is 4.75. The van der Waals surface area contributed by atoms with E-state index in [2.05, 4.69) is 5.32 Å². The Morgan fingerprint density at radius 1 is 1.27 bits per heavy atom. The average Bonchev–Trinajstić information content (AvgIpc) is 2.59. The van der Waals surface area contributed by atoms with Crippen LogP contribution in [0.15, 0.2) is 24.3 Å². The fourth-order valence-corrected chi connectivity index (χ4v) is 2.93. The highest BCUT2D eigenvalue weighted by Crippen LogP contribution is 2.32. The number of ether oxygens (including phenoxy) is 1. The van der Waals surface area contributed by atoms with E-state index < -0.39 is 23.2 Å². The molecule has 1 saturated heterocycles. The maximum Gasteiger partial charge on any atom is 0.416 e. The Labute approximate surface area is 158 Å². The van der Waals surface area contributed by atoms with Gasteiger partial charge < -0.3 is 15.8 Å². The lowest BCUT2D eigenvalue weighted by molar-refractivity contribution is -0.137. The van der Waals surface area contributed by atoms with E-state index in [1.165, 1.54) is 6.07 Å². The van der Waals surface area contributed by atoms with E-state index in [1.807, 2.05) is 0 Å². The van der Waals surface area contributed by atoms with Crippen LogP contribution in [0.4, 0.5) is 13.2 Å². The summed E-state index contributed by atoms with van der Waals surface area (Å²) in [5.41, 5.74) is 5.20. The summed E-state index contributed by atoms with van der Waals surface area (Å²) in [5, 5.41) is 2.79. The molecule has 1 aromatic carbocycles. The topological polar surface area (TPSA) is 64.4 Å². The van der Waals surface area contributed by atoms with Crippen molar-refractivity contribution in [1.29, 1.82) is 0 Å². The lowest BCUT2D eigenvalue weighted by Crippen LogP contribution is -2.49. The highest BCUT2D eigenvalue weighted by Gasteiger charge is 2.33. The summed E-state index contributed by atoms with van der Waals surface area (Å²) in [6, 6.07) is 4.57. The number of halogens is 4. The van der Waals surface area contributed by atoms with Gasteiger partial charge >= 0.3 is 6.18 Å². The first-order chi connectivity index (χ1) is 11.6. The molecule has 26 heavy (non-hydrogen) atoms. The van der Waals surface area contributed by atoms with Gasteiger partial charge in [-0.15, -0.1) is 12.4 Å². The second-order valence-electron chi connectivity index (χ2n) is 7.16. The first-order valence-corrected chi connectivity index (χ1v) is 8.40. The summed E-state index contributed by atoms with van der Waals surface area (Å²) in [7, 11) is 0. The van der Waals surface area contributed by atoms with Gasteiger partial charge in [-0.1, -0.05) is 32.0 Å². The maximum atomic E-state index is 12.9. The SMILES string of the molecule is CC(C)(CNC(=O)C(N)C1CCOCC1)c1cccc(C(F)(F)F)c1.Cl. The molecule has 1 unspecified atom stereocenters. The van der Waals surface area contributed by atoms with E-state index in [9.17, 15) is 18.0 Å². The number of nitrogens with one attached hydrogen (secondary N) is 1. The summed E-state index contributed by atoms with van der Waals surface area (Å²) in [4.78, 5) is 12.3. The van der Waals surface area contributed by atoms with Gasteiger partial charge in [0.2, 0.25) is 5.91 Å². The van der Waals surface area contributed by atoms with Gasteiger partial charge in [-0.2, -0.15) is 13.2 Å². The van der Waals surface area contributed by atoms with Crippen molar-refractivity contribution in [2.24, 2.45) is 11.7 Å². The molecule has 8 heteroatoms. The Balaban J connectivity index is 0.00000338. The van der Waals surface area contributed by atoms with E-state index in [0.29, 0.717) is 18.8 Å². The number of rotatable bonds is 5. The van der Waals surface area contributed by atoms with Gasteiger partial charge in [0.25, 0.3) is 0 Å². The first kappa shape index (κ1) is 22.7. The second-order valence-corrected chi connectivity index (χ2v) is 7.16. The number of carbonyl (C=O) groups excluding carboxylic acids is 1. The monoisotopic (exact) mass is 394 g/mol. The zero-order valence-electron chi connectivity index (χ0n) is 14.9. The number of nitrogens with two attached hydrogens (primary N) is 1. The van der Waals surface area contributed by atoms with Gasteiger partial charge in [0.1, 0.15) is 0 Å². The third kappa shape index (κ3) is 5.86. The normalized spacial score (nSPS) is 17.3. The first-order valence-electron chi connectivity index (χ1n) is 8.40. The fourth-order valence-electron chi connectivity index (χ4n) is 2.93. The van der Waals surface area contributed by atoms with Crippen LogP contribution < -0.4 is 11.1 Å². The number of alkyl halides is 3. The molecule has 0 spiro atoms. The van der Waals surface area contributed by atoms with E-state index in [-0.39, 0.29) is 30.8 Å². The van der Waals surface area contributed by atoms with E-state index in [1.54, 1.807) is 19.9 Å². The molecule has 1 aliphatic heterocycles. The Hall–Kier alpha value is -1.31. The smallest absolute Gasteiger partial charge is 0.381 e. The van der Waals surface area contributed by atoms with E-state index in [4.69, 9.17) is 10.5 Å². The second kappa shape index (κ2) is 9.06. The predicted octanol–water partition coefficient (Wildman–Crippen LogP) is 3.27. The van der Waals surface area contributed by atoms with Gasteiger partial charge in [-0.25, -0.2) is 0 Å². The Kier molecular flexibility index (Phi) is 7.92. The zero-order valence-corrected chi connectivity index (χ0v) is 15.8. The van der Waals surface area contributed by atoms with Crippen LogP contribution in [0.25, 0.3) is 0 Å². The molecule has 1 fully saturated rings. The van der Waals surface area contributed by atoms with Crippen LogP contribution in [0.2, 0.25) is 0 Å². The van der Waals surface area contributed by atoms with Gasteiger partial charge in [0.15, 0.2) is 0 Å². The van der Waals surface area contributed by atoms with Crippen LogP contribution >= 0.6 is 12.4 Å². The number of hydrogen-bond donors (Lipinski definition) is 2. The van der Waals surface area contributed by atoms with E-state index in [0.717, 1.165) is 25.0 Å². The number of benzene rings is 1. The largest absolute Gasteiger partial charge is 0.416 e.